The molecule has 3 aromatic rings. The van der Waals surface area contributed by atoms with E-state index in [9.17, 15) is 9.59 Å². The summed E-state index contributed by atoms with van der Waals surface area (Å²) in [6.07, 6.45) is 0. The van der Waals surface area contributed by atoms with E-state index in [0.29, 0.717) is 36.9 Å². The Labute approximate surface area is 186 Å². The Bertz CT molecular complexity index is 1060. The van der Waals surface area contributed by atoms with Crippen LogP contribution in [-0.2, 0) is 9.53 Å². The number of esters is 1. The molecule has 5 nitrogen and oxygen atoms in total. The smallest absolute Gasteiger partial charge is 0.318 e. The first kappa shape index (κ1) is 21.6. The third-order valence-corrected chi connectivity index (χ3v) is 6.38. The van der Waals surface area contributed by atoms with Gasteiger partial charge < -0.3 is 4.74 Å². The number of nitrogens with one attached hydrogen (secondary N) is 1. The molecule has 0 spiro atoms. The lowest BCUT2D eigenvalue weighted by Gasteiger charge is -2.12. The Morgan fingerprint density at radius 3 is 2.72 bits per heavy atom. The lowest BCUT2D eigenvalue weighted by Crippen LogP contribution is -2.17. The fraction of sp³-hybridized carbons (Fsp3) is 0.150. The van der Waals surface area contributed by atoms with E-state index >= 15 is 0 Å². The number of aromatic nitrogens is 1. The third-order valence-electron chi connectivity index (χ3n) is 3.90. The first-order valence-corrected chi connectivity index (χ1v) is 11.0. The van der Waals surface area contributed by atoms with Crippen LogP contribution in [0.5, 0.6) is 0 Å². The van der Waals surface area contributed by atoms with Crippen molar-refractivity contribution in [2.24, 2.45) is 0 Å². The van der Waals surface area contributed by atoms with E-state index in [4.69, 9.17) is 27.9 Å². The van der Waals surface area contributed by atoms with Crippen LogP contribution in [0.1, 0.15) is 17.3 Å². The highest BCUT2D eigenvalue weighted by molar-refractivity contribution is 8.00. The first-order chi connectivity index (χ1) is 13.9. The molecule has 2 aromatic carbocycles. The molecule has 0 bridgehead atoms. The molecular weight excluding hydrogens is 451 g/mol. The summed E-state index contributed by atoms with van der Waals surface area (Å²) in [5, 5.41) is 5.67. The Balaban J connectivity index is 1.79. The van der Waals surface area contributed by atoms with Gasteiger partial charge in [0, 0.05) is 20.9 Å². The summed E-state index contributed by atoms with van der Waals surface area (Å²) in [6.45, 7) is 1.73. The van der Waals surface area contributed by atoms with Gasteiger partial charge in [-0.3, -0.25) is 14.9 Å². The predicted molar refractivity (Wildman–Crippen MR) is 119 cm³/mol. The number of nitrogens with zero attached hydrogens (tertiary/aromatic N) is 1. The summed E-state index contributed by atoms with van der Waals surface area (Å²) in [7, 11) is 1.34. The molecular formula is C20H16Cl2N2O3S2. The molecule has 0 aliphatic rings. The Hall–Kier alpha value is -2.06. The number of thioether (sulfide) groups is 1. The maximum absolute atomic E-state index is 12.8. The van der Waals surface area contributed by atoms with Gasteiger partial charge in [0.2, 0.25) is 0 Å². The maximum atomic E-state index is 12.8. The number of carbonyl (C=O) groups excluding carboxylic acids is 2. The molecule has 3 rings (SSSR count). The molecule has 0 aliphatic heterocycles. The predicted octanol–water partition coefficient (Wildman–Crippen LogP) is 6.02. The fourth-order valence-corrected chi connectivity index (χ4v) is 4.58. The van der Waals surface area contributed by atoms with Crippen LogP contribution < -0.4 is 5.32 Å². The molecule has 1 aromatic heterocycles. The summed E-state index contributed by atoms with van der Waals surface area (Å²) in [5.41, 5.74) is 1.77. The highest BCUT2D eigenvalue weighted by Crippen LogP contribution is 2.33. The number of benzene rings is 2. The van der Waals surface area contributed by atoms with Crippen molar-refractivity contribution in [2.45, 2.75) is 17.1 Å². The summed E-state index contributed by atoms with van der Waals surface area (Å²) in [6, 6.07) is 12.2. The van der Waals surface area contributed by atoms with Gasteiger partial charge in [0.15, 0.2) is 5.13 Å². The topological polar surface area (TPSA) is 68.3 Å². The minimum atomic E-state index is -0.439. The van der Waals surface area contributed by atoms with Gasteiger partial charge in [0.05, 0.1) is 23.4 Å². The van der Waals surface area contributed by atoms with Crippen LogP contribution in [0.3, 0.4) is 0 Å². The molecule has 0 saturated heterocycles. The highest BCUT2D eigenvalue weighted by atomic mass is 35.5. The summed E-state index contributed by atoms with van der Waals surface area (Å²) < 4.78 is 4.75. The van der Waals surface area contributed by atoms with Crippen molar-refractivity contribution in [2.75, 3.05) is 12.4 Å². The average Bonchev–Trinajstić information content (AvgIpc) is 3.17. The van der Waals surface area contributed by atoms with Crippen molar-refractivity contribution >= 4 is 63.3 Å². The molecule has 1 unspecified atom stereocenters. The van der Waals surface area contributed by atoms with E-state index in [1.807, 2.05) is 6.07 Å². The molecule has 1 atom stereocenters. The standard InChI is InChI=1S/C20H16Cl2N2O3S2/c1-11(19(26)27-2)29-17-6-4-3-5-13(17)18(25)24-20-23-16(10-28-20)14-9-12(21)7-8-15(14)22/h3-11H,1-2H3,(H,23,24,25). The largest absolute Gasteiger partial charge is 0.468 e. The number of thiazole rings is 1. The van der Waals surface area contributed by atoms with E-state index in [0.717, 1.165) is 0 Å². The summed E-state index contributed by atoms with van der Waals surface area (Å²) >= 11 is 14.8. The number of carbonyl (C=O) groups is 2. The number of ether oxygens (including phenoxy) is 1. The van der Waals surface area contributed by atoms with Crippen molar-refractivity contribution in [3.05, 3.63) is 63.5 Å². The van der Waals surface area contributed by atoms with Gasteiger partial charge in [-0.05, 0) is 37.3 Å². The van der Waals surface area contributed by atoms with Crippen molar-refractivity contribution in [3.63, 3.8) is 0 Å². The number of anilines is 1. The molecule has 9 heteroatoms. The van der Waals surface area contributed by atoms with Gasteiger partial charge in [0.1, 0.15) is 5.25 Å². The average molecular weight is 467 g/mol. The SMILES string of the molecule is COC(=O)C(C)Sc1ccccc1C(=O)Nc1nc(-c2cc(Cl)ccc2Cl)cs1. The van der Waals surface area contributed by atoms with E-state index in [1.54, 1.807) is 48.7 Å². The minimum absolute atomic E-state index is 0.316. The molecule has 1 N–H and O–H groups in total. The molecule has 1 heterocycles. The zero-order valence-corrected chi connectivity index (χ0v) is 18.6. The van der Waals surface area contributed by atoms with E-state index in [2.05, 4.69) is 10.3 Å². The third kappa shape index (κ3) is 5.30. The second kappa shape index (κ2) is 9.63. The zero-order chi connectivity index (χ0) is 21.0. The van der Waals surface area contributed by atoms with Gasteiger partial charge in [-0.1, -0.05) is 35.3 Å². The molecule has 150 valence electrons. The Kier molecular flexibility index (Phi) is 7.18. The van der Waals surface area contributed by atoms with E-state index < -0.39 is 5.25 Å². The van der Waals surface area contributed by atoms with Crippen molar-refractivity contribution in [1.82, 2.24) is 4.98 Å². The zero-order valence-electron chi connectivity index (χ0n) is 15.4. The van der Waals surface area contributed by atoms with Gasteiger partial charge in [-0.2, -0.15) is 0 Å². The number of hydrogen-bond donors (Lipinski definition) is 1. The number of hydrogen-bond acceptors (Lipinski definition) is 6. The van der Waals surface area contributed by atoms with Gasteiger partial charge in [-0.15, -0.1) is 23.1 Å². The minimum Gasteiger partial charge on any atom is -0.468 e. The van der Waals surface area contributed by atoms with Gasteiger partial charge >= 0.3 is 5.97 Å². The van der Waals surface area contributed by atoms with Crippen molar-refractivity contribution in [3.8, 4) is 11.3 Å². The van der Waals surface area contributed by atoms with Crippen LogP contribution in [0.25, 0.3) is 11.3 Å². The van der Waals surface area contributed by atoms with Crippen LogP contribution in [0.4, 0.5) is 5.13 Å². The molecule has 0 radical (unpaired) electrons. The quantitative estimate of drug-likeness (QED) is 0.355. The van der Waals surface area contributed by atoms with Crippen LogP contribution in [-0.4, -0.2) is 29.2 Å². The molecule has 0 fully saturated rings. The van der Waals surface area contributed by atoms with Crippen LogP contribution in [0.15, 0.2) is 52.7 Å². The van der Waals surface area contributed by atoms with Crippen LogP contribution >= 0.6 is 46.3 Å². The number of methoxy groups -OCH3 is 1. The van der Waals surface area contributed by atoms with Gasteiger partial charge in [0.25, 0.3) is 5.91 Å². The molecule has 0 aliphatic carbocycles. The van der Waals surface area contributed by atoms with Crippen LogP contribution in [0, 0.1) is 0 Å². The number of amides is 1. The first-order valence-electron chi connectivity index (χ1n) is 8.45. The highest BCUT2D eigenvalue weighted by Gasteiger charge is 2.20. The van der Waals surface area contributed by atoms with Crippen LogP contribution in [0.2, 0.25) is 10.0 Å². The summed E-state index contributed by atoms with van der Waals surface area (Å²) in [4.78, 5) is 29.6. The van der Waals surface area contributed by atoms with E-state index in [1.165, 1.54) is 30.2 Å². The summed E-state index contributed by atoms with van der Waals surface area (Å²) in [5.74, 6) is -0.670. The number of halogens is 2. The lowest BCUT2D eigenvalue weighted by atomic mass is 10.2. The maximum Gasteiger partial charge on any atom is 0.318 e. The van der Waals surface area contributed by atoms with Crippen molar-refractivity contribution < 1.29 is 14.3 Å². The van der Waals surface area contributed by atoms with E-state index in [-0.39, 0.29) is 11.9 Å². The van der Waals surface area contributed by atoms with Gasteiger partial charge in [-0.25, -0.2) is 4.98 Å². The monoisotopic (exact) mass is 466 g/mol. The second-order valence-electron chi connectivity index (χ2n) is 5.90. The fourth-order valence-electron chi connectivity index (χ4n) is 2.47. The lowest BCUT2D eigenvalue weighted by molar-refractivity contribution is -0.139. The Morgan fingerprint density at radius 2 is 1.97 bits per heavy atom. The van der Waals surface area contributed by atoms with Crippen molar-refractivity contribution in [1.29, 1.82) is 0 Å². The molecule has 29 heavy (non-hydrogen) atoms. The molecule has 1 amide bonds. The Morgan fingerprint density at radius 1 is 1.21 bits per heavy atom. The second-order valence-corrected chi connectivity index (χ2v) is 8.98. The molecule has 0 saturated carbocycles. The number of rotatable bonds is 6. The normalized spacial score (nSPS) is 11.7.